The van der Waals surface area contributed by atoms with Crippen LogP contribution in [0.4, 0.5) is 0 Å². The summed E-state index contributed by atoms with van der Waals surface area (Å²) in [5.41, 5.74) is 0. The molecule has 0 aromatic rings. The van der Waals surface area contributed by atoms with Crippen LogP contribution < -0.4 is 0 Å². The predicted molar refractivity (Wildman–Crippen MR) is 46.9 cm³/mol. The lowest BCUT2D eigenvalue weighted by Gasteiger charge is -2.37. The quantitative estimate of drug-likeness (QED) is 0.449. The van der Waals surface area contributed by atoms with Crippen molar-refractivity contribution in [1.29, 1.82) is 0 Å². The smallest absolute Gasteiger partial charge is 0.0654 e. The van der Waals surface area contributed by atoms with Crippen LogP contribution in [0.15, 0.2) is 0 Å². The molecule has 0 aromatic carbocycles. The first-order chi connectivity index (χ1) is 4.86. The Balaban J connectivity index is 2.00. The van der Waals surface area contributed by atoms with Crippen molar-refractivity contribution in [2.24, 2.45) is 5.92 Å². The van der Waals surface area contributed by atoms with Crippen molar-refractivity contribution in [3.63, 3.8) is 0 Å². The van der Waals surface area contributed by atoms with E-state index in [2.05, 4.69) is 6.92 Å². The summed E-state index contributed by atoms with van der Waals surface area (Å²) in [7, 11) is 1.57. The van der Waals surface area contributed by atoms with Gasteiger partial charge in [-0.25, -0.2) is 0 Å². The standard InChI is InChI=1S/C9H17B/c1-7-5-6-8-3-2-4-9(7)10-8/h7-10H,2-6H2,1H3. The SMILES string of the molecule is CC1CCC2BC1CCC2. The fraction of sp³-hybridized carbons (Fsp3) is 1.00. The van der Waals surface area contributed by atoms with Gasteiger partial charge < -0.3 is 0 Å². The van der Waals surface area contributed by atoms with Crippen LogP contribution in [0.2, 0.25) is 11.6 Å². The van der Waals surface area contributed by atoms with Crippen molar-refractivity contribution < 1.29 is 0 Å². The van der Waals surface area contributed by atoms with Crippen molar-refractivity contribution in [3.8, 4) is 0 Å². The fourth-order valence-electron chi connectivity index (χ4n) is 2.85. The van der Waals surface area contributed by atoms with Gasteiger partial charge in [0.05, 0.1) is 0 Å². The first-order valence-corrected chi connectivity index (χ1v) is 4.86. The molecular weight excluding hydrogens is 119 g/mol. The van der Waals surface area contributed by atoms with Gasteiger partial charge in [-0.05, 0) is 5.92 Å². The monoisotopic (exact) mass is 136 g/mol. The van der Waals surface area contributed by atoms with Crippen molar-refractivity contribution in [2.45, 2.75) is 50.7 Å². The molecule has 2 aliphatic rings. The van der Waals surface area contributed by atoms with E-state index in [0.29, 0.717) is 0 Å². The molecule has 3 unspecified atom stereocenters. The minimum Gasteiger partial charge on any atom is -0.0654 e. The highest BCUT2D eigenvalue weighted by atomic mass is 14.3. The van der Waals surface area contributed by atoms with E-state index in [4.69, 9.17) is 0 Å². The Kier molecular flexibility index (Phi) is 1.75. The molecule has 2 rings (SSSR count). The van der Waals surface area contributed by atoms with Crippen molar-refractivity contribution >= 4 is 7.28 Å². The van der Waals surface area contributed by atoms with Gasteiger partial charge in [-0.1, -0.05) is 50.7 Å². The zero-order valence-corrected chi connectivity index (χ0v) is 6.97. The van der Waals surface area contributed by atoms with Gasteiger partial charge in [0, 0.05) is 0 Å². The third kappa shape index (κ3) is 1.11. The number of hydrogen-bond donors (Lipinski definition) is 0. The van der Waals surface area contributed by atoms with Gasteiger partial charge in [0.1, 0.15) is 7.28 Å². The molecule has 2 saturated heterocycles. The third-order valence-corrected chi connectivity index (χ3v) is 3.66. The summed E-state index contributed by atoms with van der Waals surface area (Å²) in [6, 6.07) is 0. The molecule has 2 bridgehead atoms. The van der Waals surface area contributed by atoms with Crippen molar-refractivity contribution in [2.75, 3.05) is 0 Å². The molecule has 2 fully saturated rings. The molecule has 0 radical (unpaired) electrons. The molecule has 0 nitrogen and oxygen atoms in total. The minimum atomic E-state index is 1.05. The lowest BCUT2D eigenvalue weighted by Crippen LogP contribution is -2.27. The van der Waals surface area contributed by atoms with Crippen LogP contribution in [0.25, 0.3) is 0 Å². The van der Waals surface area contributed by atoms with Gasteiger partial charge in [0.2, 0.25) is 0 Å². The molecule has 0 saturated carbocycles. The molecule has 0 aromatic heterocycles. The number of fused-ring (bicyclic) bond motifs is 2. The van der Waals surface area contributed by atoms with E-state index in [1.54, 1.807) is 13.7 Å². The van der Waals surface area contributed by atoms with E-state index in [1.807, 2.05) is 0 Å². The van der Waals surface area contributed by atoms with Crippen LogP contribution >= 0.6 is 0 Å². The molecule has 2 heterocycles. The third-order valence-electron chi connectivity index (χ3n) is 3.66. The van der Waals surface area contributed by atoms with E-state index >= 15 is 0 Å². The second-order valence-electron chi connectivity index (χ2n) is 4.35. The minimum absolute atomic E-state index is 1.05. The Morgan fingerprint density at radius 2 is 2.00 bits per heavy atom. The van der Waals surface area contributed by atoms with Crippen molar-refractivity contribution in [3.05, 3.63) is 0 Å². The summed E-state index contributed by atoms with van der Waals surface area (Å²) in [5, 5.41) is 0. The van der Waals surface area contributed by atoms with Crippen molar-refractivity contribution in [1.82, 2.24) is 0 Å². The molecule has 3 atom stereocenters. The van der Waals surface area contributed by atoms with Gasteiger partial charge >= 0.3 is 0 Å². The highest BCUT2D eigenvalue weighted by molar-refractivity contribution is 6.40. The van der Waals surface area contributed by atoms with Gasteiger partial charge in [0.15, 0.2) is 0 Å². The molecule has 56 valence electrons. The Morgan fingerprint density at radius 1 is 1.10 bits per heavy atom. The Morgan fingerprint density at radius 3 is 2.80 bits per heavy atom. The van der Waals surface area contributed by atoms with Crippen LogP contribution in [-0.2, 0) is 0 Å². The normalized spacial score (nSPS) is 46.3. The molecule has 0 amide bonds. The van der Waals surface area contributed by atoms with Crippen LogP contribution in [0.3, 0.4) is 0 Å². The summed E-state index contributed by atoms with van der Waals surface area (Å²) < 4.78 is 0. The maximum Gasteiger partial charge on any atom is 0.127 e. The maximum atomic E-state index is 2.45. The summed E-state index contributed by atoms with van der Waals surface area (Å²) in [6.07, 6.45) is 7.67. The molecule has 0 aliphatic carbocycles. The number of rotatable bonds is 0. The summed E-state index contributed by atoms with van der Waals surface area (Å²) in [5.74, 6) is 3.30. The molecule has 2 aliphatic heterocycles. The van der Waals surface area contributed by atoms with Crippen LogP contribution in [0.5, 0.6) is 0 Å². The summed E-state index contributed by atoms with van der Waals surface area (Å²) in [6.45, 7) is 2.45. The number of hydrogen-bond acceptors (Lipinski definition) is 0. The van der Waals surface area contributed by atoms with E-state index in [0.717, 1.165) is 17.6 Å². The van der Waals surface area contributed by atoms with Crippen LogP contribution in [-0.4, -0.2) is 7.28 Å². The summed E-state index contributed by atoms with van der Waals surface area (Å²) >= 11 is 0. The molecule has 0 spiro atoms. The van der Waals surface area contributed by atoms with E-state index in [1.165, 1.54) is 25.7 Å². The molecule has 1 heteroatoms. The maximum absolute atomic E-state index is 2.45. The van der Waals surface area contributed by atoms with E-state index in [-0.39, 0.29) is 0 Å². The average Bonchev–Trinajstić information content (AvgIpc) is 1.99. The van der Waals surface area contributed by atoms with Gasteiger partial charge in [0.25, 0.3) is 0 Å². The largest absolute Gasteiger partial charge is 0.127 e. The van der Waals surface area contributed by atoms with Crippen LogP contribution in [0.1, 0.15) is 39.0 Å². The molecular formula is C9H17B. The van der Waals surface area contributed by atoms with Crippen LogP contribution in [0, 0.1) is 5.92 Å². The van der Waals surface area contributed by atoms with Gasteiger partial charge in [-0.15, -0.1) is 0 Å². The second-order valence-corrected chi connectivity index (χ2v) is 4.35. The van der Waals surface area contributed by atoms with E-state index in [9.17, 15) is 0 Å². The Hall–Kier alpha value is 0.0649. The highest BCUT2D eigenvalue weighted by Gasteiger charge is 2.31. The lowest BCUT2D eigenvalue weighted by atomic mass is 9.42. The average molecular weight is 136 g/mol. The topological polar surface area (TPSA) is 0 Å². The highest BCUT2D eigenvalue weighted by Crippen LogP contribution is 2.44. The zero-order valence-electron chi connectivity index (χ0n) is 6.97. The fourth-order valence-corrected chi connectivity index (χ4v) is 2.85. The predicted octanol–water partition coefficient (Wildman–Crippen LogP) is 2.61. The second kappa shape index (κ2) is 2.60. The van der Waals surface area contributed by atoms with E-state index < -0.39 is 0 Å². The van der Waals surface area contributed by atoms with Gasteiger partial charge in [-0.2, -0.15) is 0 Å². The van der Waals surface area contributed by atoms with Gasteiger partial charge in [-0.3, -0.25) is 0 Å². The molecule has 10 heavy (non-hydrogen) atoms. The Bertz CT molecular complexity index is 120. The first kappa shape index (κ1) is 6.76. The zero-order chi connectivity index (χ0) is 6.97. The molecule has 0 N–H and O–H groups in total. The lowest BCUT2D eigenvalue weighted by molar-refractivity contribution is 0.363. The first-order valence-electron chi connectivity index (χ1n) is 4.86. The summed E-state index contributed by atoms with van der Waals surface area (Å²) in [4.78, 5) is 0. The Labute approximate surface area is 64.6 Å².